The Morgan fingerprint density at radius 3 is 2.42 bits per heavy atom. The summed E-state index contributed by atoms with van der Waals surface area (Å²) in [5.41, 5.74) is -1.39. The highest BCUT2D eigenvalue weighted by atomic mass is 79.9. The van der Waals surface area contributed by atoms with E-state index >= 15 is 0 Å². The van der Waals surface area contributed by atoms with E-state index in [0.29, 0.717) is 16.6 Å². The van der Waals surface area contributed by atoms with Gasteiger partial charge in [0.05, 0.1) is 5.56 Å². The van der Waals surface area contributed by atoms with Crippen molar-refractivity contribution in [3.05, 3.63) is 55.9 Å². The lowest BCUT2D eigenvalue weighted by Gasteiger charge is -2.09. The lowest BCUT2D eigenvalue weighted by Crippen LogP contribution is -2.10. The van der Waals surface area contributed by atoms with E-state index in [9.17, 15) is 22.4 Å². The maximum absolute atomic E-state index is 13.1. The van der Waals surface area contributed by atoms with Crippen LogP contribution >= 0.6 is 27.3 Å². The van der Waals surface area contributed by atoms with Crippen LogP contribution in [-0.4, -0.2) is 5.78 Å². The summed E-state index contributed by atoms with van der Waals surface area (Å²) in [7, 11) is 0. The van der Waals surface area contributed by atoms with Crippen molar-refractivity contribution in [2.45, 2.75) is 6.18 Å². The third-order valence-electron chi connectivity index (χ3n) is 2.39. The molecule has 100 valence electrons. The summed E-state index contributed by atoms with van der Waals surface area (Å²) in [6, 6.07) is 2.22. The van der Waals surface area contributed by atoms with Crippen molar-refractivity contribution in [2.75, 3.05) is 0 Å². The van der Waals surface area contributed by atoms with Crippen molar-refractivity contribution in [1.29, 1.82) is 0 Å². The molecule has 1 heterocycles. The largest absolute Gasteiger partial charge is 0.419 e. The van der Waals surface area contributed by atoms with Gasteiger partial charge in [-0.3, -0.25) is 4.79 Å². The van der Waals surface area contributed by atoms with Gasteiger partial charge in [-0.25, -0.2) is 4.39 Å². The van der Waals surface area contributed by atoms with Crippen molar-refractivity contribution in [2.24, 2.45) is 0 Å². The zero-order valence-corrected chi connectivity index (χ0v) is 11.5. The fourth-order valence-corrected chi connectivity index (χ4v) is 2.94. The van der Waals surface area contributed by atoms with Crippen LogP contribution in [0.15, 0.2) is 33.4 Å². The van der Waals surface area contributed by atoms with Crippen molar-refractivity contribution in [3.8, 4) is 0 Å². The Bertz CT molecular complexity index is 633. The molecule has 1 aromatic heterocycles. The van der Waals surface area contributed by atoms with E-state index in [1.165, 1.54) is 16.7 Å². The second-order valence-electron chi connectivity index (χ2n) is 3.65. The molecule has 1 aromatic carbocycles. The fraction of sp³-hybridized carbons (Fsp3) is 0.0833. The molecular formula is C12H5BrF4OS. The predicted molar refractivity (Wildman–Crippen MR) is 66.9 cm³/mol. The minimum atomic E-state index is -4.83. The van der Waals surface area contributed by atoms with Crippen LogP contribution < -0.4 is 0 Å². The molecule has 0 saturated heterocycles. The number of hydrogen-bond donors (Lipinski definition) is 0. The summed E-state index contributed by atoms with van der Waals surface area (Å²) in [5.74, 6) is -1.98. The summed E-state index contributed by atoms with van der Waals surface area (Å²) in [5, 5.41) is 3.16. The van der Waals surface area contributed by atoms with Gasteiger partial charge < -0.3 is 0 Å². The average Bonchev–Trinajstić information content (AvgIpc) is 2.73. The van der Waals surface area contributed by atoms with Crippen LogP contribution in [0.3, 0.4) is 0 Å². The van der Waals surface area contributed by atoms with Crippen molar-refractivity contribution < 1.29 is 22.4 Å². The molecule has 0 N–H and O–H groups in total. The third kappa shape index (κ3) is 2.87. The van der Waals surface area contributed by atoms with Crippen molar-refractivity contribution in [3.63, 3.8) is 0 Å². The molecule has 0 aliphatic carbocycles. The molecule has 0 saturated carbocycles. The Morgan fingerprint density at radius 2 is 1.89 bits per heavy atom. The van der Waals surface area contributed by atoms with E-state index in [1.807, 2.05) is 0 Å². The minimum absolute atomic E-state index is 0.201. The molecule has 0 radical (unpaired) electrons. The highest BCUT2D eigenvalue weighted by Crippen LogP contribution is 2.33. The second-order valence-corrected chi connectivity index (χ2v) is 5.25. The summed E-state index contributed by atoms with van der Waals surface area (Å²) in [6.45, 7) is 0. The number of halogens is 5. The molecule has 0 atom stereocenters. The van der Waals surface area contributed by atoms with Gasteiger partial charge in [0.1, 0.15) is 5.82 Å². The van der Waals surface area contributed by atoms with Gasteiger partial charge in [-0.05, 0) is 34.1 Å². The highest BCUT2D eigenvalue weighted by molar-refractivity contribution is 9.10. The van der Waals surface area contributed by atoms with Gasteiger partial charge >= 0.3 is 6.18 Å². The minimum Gasteiger partial charge on any atom is -0.289 e. The molecule has 0 unspecified atom stereocenters. The lowest BCUT2D eigenvalue weighted by atomic mass is 10.0. The fourth-order valence-electron chi connectivity index (χ4n) is 1.48. The van der Waals surface area contributed by atoms with E-state index in [4.69, 9.17) is 0 Å². The molecular weight excluding hydrogens is 348 g/mol. The summed E-state index contributed by atoms with van der Waals surface area (Å²) >= 11 is 4.37. The van der Waals surface area contributed by atoms with E-state index in [0.717, 1.165) is 6.07 Å². The first-order valence-corrected chi connectivity index (χ1v) is 6.67. The van der Waals surface area contributed by atoms with Crippen LogP contribution in [-0.2, 0) is 6.18 Å². The van der Waals surface area contributed by atoms with Crippen LogP contribution in [0.1, 0.15) is 21.5 Å². The Hall–Kier alpha value is -1.21. The number of ketones is 1. The van der Waals surface area contributed by atoms with Crippen LogP contribution in [0, 0.1) is 5.82 Å². The normalized spacial score (nSPS) is 11.6. The molecule has 0 amide bonds. The van der Waals surface area contributed by atoms with Crippen LogP contribution in [0.5, 0.6) is 0 Å². The van der Waals surface area contributed by atoms with Crippen LogP contribution in [0.4, 0.5) is 17.6 Å². The summed E-state index contributed by atoms with van der Waals surface area (Å²) in [6.07, 6.45) is -4.83. The zero-order chi connectivity index (χ0) is 14.2. The topological polar surface area (TPSA) is 17.1 Å². The summed E-state index contributed by atoms with van der Waals surface area (Å²) in [4.78, 5) is 12.0. The zero-order valence-electron chi connectivity index (χ0n) is 9.09. The number of hydrogen-bond acceptors (Lipinski definition) is 2. The number of carbonyl (C=O) groups is 1. The van der Waals surface area contributed by atoms with Gasteiger partial charge in [0, 0.05) is 26.4 Å². The third-order valence-corrected chi connectivity index (χ3v) is 4.10. The average molecular weight is 353 g/mol. The maximum Gasteiger partial charge on any atom is 0.419 e. The first-order valence-electron chi connectivity index (χ1n) is 4.94. The number of carbonyl (C=O) groups excluding carboxylic acids is 1. The smallest absolute Gasteiger partial charge is 0.289 e. The van der Waals surface area contributed by atoms with E-state index in [1.54, 1.807) is 5.38 Å². The van der Waals surface area contributed by atoms with Crippen molar-refractivity contribution in [1.82, 2.24) is 0 Å². The van der Waals surface area contributed by atoms with Crippen LogP contribution in [0.2, 0.25) is 0 Å². The molecule has 2 rings (SSSR count). The number of benzene rings is 1. The monoisotopic (exact) mass is 352 g/mol. The van der Waals surface area contributed by atoms with Crippen LogP contribution in [0.25, 0.3) is 0 Å². The Kier molecular flexibility index (Phi) is 3.78. The molecule has 2 aromatic rings. The van der Waals surface area contributed by atoms with Crippen molar-refractivity contribution >= 4 is 33.0 Å². The maximum atomic E-state index is 13.1. The molecule has 0 aliphatic heterocycles. The Morgan fingerprint density at radius 1 is 1.21 bits per heavy atom. The number of alkyl halides is 3. The molecule has 0 fully saturated rings. The lowest BCUT2D eigenvalue weighted by molar-refractivity contribution is -0.140. The van der Waals surface area contributed by atoms with Gasteiger partial charge in [0.15, 0.2) is 5.78 Å². The van der Waals surface area contributed by atoms with E-state index in [2.05, 4.69) is 15.9 Å². The van der Waals surface area contributed by atoms with Gasteiger partial charge in [-0.2, -0.15) is 24.5 Å². The number of rotatable bonds is 2. The predicted octanol–water partition coefficient (Wildman–Crippen LogP) is 4.90. The standard InChI is InChI=1S/C12H5BrF4OS/c13-9-5-19-4-7(9)11(18)6-1-2-10(14)8(3-6)12(15,16)17/h1-5H. The molecule has 0 spiro atoms. The first-order chi connectivity index (χ1) is 8.80. The van der Waals surface area contributed by atoms with E-state index < -0.39 is 23.3 Å². The summed E-state index contributed by atoms with van der Waals surface area (Å²) < 4.78 is 51.3. The van der Waals surface area contributed by atoms with E-state index in [-0.39, 0.29) is 11.1 Å². The quantitative estimate of drug-likeness (QED) is 0.555. The molecule has 0 aliphatic rings. The van der Waals surface area contributed by atoms with Gasteiger partial charge in [-0.15, -0.1) is 0 Å². The highest BCUT2D eigenvalue weighted by Gasteiger charge is 2.34. The van der Waals surface area contributed by atoms with Gasteiger partial charge in [-0.1, -0.05) is 0 Å². The number of thiophene rings is 1. The molecule has 1 nitrogen and oxygen atoms in total. The Labute approximate surface area is 118 Å². The molecule has 19 heavy (non-hydrogen) atoms. The molecule has 0 bridgehead atoms. The Balaban J connectivity index is 2.48. The SMILES string of the molecule is O=C(c1ccc(F)c(C(F)(F)F)c1)c1cscc1Br. The second kappa shape index (κ2) is 5.05. The van der Waals surface area contributed by atoms with Gasteiger partial charge in [0.25, 0.3) is 0 Å². The molecule has 7 heteroatoms. The first kappa shape index (κ1) is 14.2. The van der Waals surface area contributed by atoms with Gasteiger partial charge in [0.2, 0.25) is 0 Å².